The molecule has 0 spiro atoms. The van der Waals surface area contributed by atoms with E-state index in [-0.39, 0.29) is 17.6 Å². The van der Waals surface area contributed by atoms with Gasteiger partial charge >= 0.3 is 0 Å². The molecule has 3 nitrogen and oxygen atoms in total. The minimum atomic E-state index is -0.353. The van der Waals surface area contributed by atoms with Gasteiger partial charge < -0.3 is 9.84 Å². The molecule has 17 heavy (non-hydrogen) atoms. The van der Waals surface area contributed by atoms with Crippen LogP contribution in [0.4, 0.5) is 0 Å². The molecule has 0 saturated carbocycles. The number of aromatic nitrogens is 1. The third kappa shape index (κ3) is 2.69. The Morgan fingerprint density at radius 1 is 1.59 bits per heavy atom. The van der Waals surface area contributed by atoms with Crippen molar-refractivity contribution in [1.29, 1.82) is 0 Å². The summed E-state index contributed by atoms with van der Waals surface area (Å²) in [5.41, 5.74) is 1.22. The molecule has 4 heteroatoms. The van der Waals surface area contributed by atoms with Gasteiger partial charge in [-0.05, 0) is 32.1 Å². The van der Waals surface area contributed by atoms with Crippen molar-refractivity contribution in [1.82, 2.24) is 4.98 Å². The van der Waals surface area contributed by atoms with Crippen molar-refractivity contribution in [2.24, 2.45) is 5.41 Å². The van der Waals surface area contributed by atoms with Gasteiger partial charge in [-0.1, -0.05) is 13.8 Å². The molecule has 1 aromatic rings. The average Bonchev–Trinajstić information content (AvgIpc) is 2.60. The molecule has 2 unspecified atom stereocenters. The summed E-state index contributed by atoms with van der Waals surface area (Å²) in [4.78, 5) is 5.70. The number of hydrogen-bond donors (Lipinski definition) is 1. The van der Waals surface area contributed by atoms with E-state index in [4.69, 9.17) is 4.74 Å². The first-order valence-electron chi connectivity index (χ1n) is 6.22. The van der Waals surface area contributed by atoms with Gasteiger partial charge in [0.25, 0.3) is 0 Å². The van der Waals surface area contributed by atoms with Crippen LogP contribution in [0.2, 0.25) is 0 Å². The van der Waals surface area contributed by atoms with Crippen molar-refractivity contribution in [3.8, 4) is 0 Å². The van der Waals surface area contributed by atoms with Crippen molar-refractivity contribution >= 4 is 11.3 Å². The molecule has 0 radical (unpaired) electrons. The number of hydrogen-bond acceptors (Lipinski definition) is 4. The molecule has 0 saturated heterocycles. The lowest BCUT2D eigenvalue weighted by atomic mass is 9.77. The predicted octanol–water partition coefficient (Wildman–Crippen LogP) is 3.25. The zero-order valence-corrected chi connectivity index (χ0v) is 11.8. The molecule has 2 rings (SSSR count). The van der Waals surface area contributed by atoms with E-state index in [0.29, 0.717) is 6.61 Å². The van der Waals surface area contributed by atoms with Gasteiger partial charge in [0.1, 0.15) is 11.1 Å². The van der Waals surface area contributed by atoms with Crippen LogP contribution < -0.4 is 0 Å². The van der Waals surface area contributed by atoms with Crippen molar-refractivity contribution in [3.63, 3.8) is 0 Å². The highest BCUT2D eigenvalue weighted by Gasteiger charge is 2.34. The molecule has 0 aliphatic heterocycles. The smallest absolute Gasteiger partial charge is 0.122 e. The quantitative estimate of drug-likeness (QED) is 0.901. The molecule has 1 aromatic heterocycles. The lowest BCUT2D eigenvalue weighted by Gasteiger charge is -2.31. The molecule has 2 atom stereocenters. The second-order valence-corrected chi connectivity index (χ2v) is 6.58. The maximum atomic E-state index is 10.2. The van der Waals surface area contributed by atoms with Gasteiger partial charge in [0.2, 0.25) is 0 Å². The van der Waals surface area contributed by atoms with E-state index in [1.54, 1.807) is 11.3 Å². The predicted molar refractivity (Wildman–Crippen MR) is 69.2 cm³/mol. The zero-order chi connectivity index (χ0) is 12.6. The summed E-state index contributed by atoms with van der Waals surface area (Å²) in [6.45, 7) is 9.07. The SMILES string of the molecule is CCOC(C)c1nc2c(s1)C(O)CC(C)(C)C2. The van der Waals surface area contributed by atoms with Crippen LogP contribution in [0.25, 0.3) is 0 Å². The summed E-state index contributed by atoms with van der Waals surface area (Å²) in [6, 6.07) is 0. The molecule has 1 heterocycles. The van der Waals surface area contributed by atoms with E-state index in [9.17, 15) is 5.11 Å². The van der Waals surface area contributed by atoms with Crippen molar-refractivity contribution in [3.05, 3.63) is 15.6 Å². The Morgan fingerprint density at radius 3 is 2.94 bits per heavy atom. The Labute approximate surface area is 107 Å². The lowest BCUT2D eigenvalue weighted by Crippen LogP contribution is -2.24. The van der Waals surface area contributed by atoms with Crippen LogP contribution in [0.3, 0.4) is 0 Å². The molecule has 96 valence electrons. The Morgan fingerprint density at radius 2 is 2.29 bits per heavy atom. The summed E-state index contributed by atoms with van der Waals surface area (Å²) >= 11 is 1.61. The minimum absolute atomic E-state index is 0.0333. The van der Waals surface area contributed by atoms with Gasteiger partial charge in [0.15, 0.2) is 0 Å². The van der Waals surface area contributed by atoms with Crippen LogP contribution in [0.1, 0.15) is 61.9 Å². The van der Waals surface area contributed by atoms with Crippen LogP contribution in [0.15, 0.2) is 0 Å². The Bertz CT molecular complexity index is 400. The van der Waals surface area contributed by atoms with Gasteiger partial charge in [-0.25, -0.2) is 4.98 Å². The monoisotopic (exact) mass is 255 g/mol. The first kappa shape index (κ1) is 13.0. The van der Waals surface area contributed by atoms with E-state index in [1.807, 2.05) is 13.8 Å². The van der Waals surface area contributed by atoms with Crippen LogP contribution in [0.5, 0.6) is 0 Å². The van der Waals surface area contributed by atoms with Gasteiger partial charge in [-0.15, -0.1) is 11.3 Å². The fourth-order valence-corrected chi connectivity index (χ4v) is 3.48. The second kappa shape index (κ2) is 4.67. The fourth-order valence-electron chi connectivity index (χ4n) is 2.41. The molecule has 1 aliphatic rings. The first-order chi connectivity index (χ1) is 7.93. The Kier molecular flexibility index (Phi) is 3.57. The first-order valence-corrected chi connectivity index (χ1v) is 7.04. The number of thiazole rings is 1. The largest absolute Gasteiger partial charge is 0.387 e. The van der Waals surface area contributed by atoms with E-state index in [2.05, 4.69) is 18.8 Å². The summed E-state index contributed by atoms with van der Waals surface area (Å²) in [5, 5.41) is 11.1. The topological polar surface area (TPSA) is 42.4 Å². The maximum Gasteiger partial charge on any atom is 0.122 e. The highest BCUT2D eigenvalue weighted by molar-refractivity contribution is 7.11. The lowest BCUT2D eigenvalue weighted by molar-refractivity contribution is 0.0758. The number of fused-ring (bicyclic) bond motifs is 1. The highest BCUT2D eigenvalue weighted by Crippen LogP contribution is 2.43. The second-order valence-electron chi connectivity index (χ2n) is 5.52. The molecular weight excluding hydrogens is 234 g/mol. The summed E-state index contributed by atoms with van der Waals surface area (Å²) in [5.74, 6) is 0. The van der Waals surface area contributed by atoms with E-state index in [1.165, 1.54) is 0 Å². The van der Waals surface area contributed by atoms with Gasteiger partial charge in [-0.2, -0.15) is 0 Å². The summed E-state index contributed by atoms with van der Waals surface area (Å²) in [6.07, 6.45) is 1.46. The normalized spacial score (nSPS) is 24.4. The van der Waals surface area contributed by atoms with Crippen molar-refractivity contribution in [2.45, 2.75) is 52.7 Å². The van der Waals surface area contributed by atoms with Gasteiger partial charge in [-0.3, -0.25) is 0 Å². The van der Waals surface area contributed by atoms with E-state index >= 15 is 0 Å². The van der Waals surface area contributed by atoms with Crippen molar-refractivity contribution in [2.75, 3.05) is 6.61 Å². The maximum absolute atomic E-state index is 10.2. The van der Waals surface area contributed by atoms with Crippen LogP contribution in [-0.2, 0) is 11.2 Å². The number of ether oxygens (including phenoxy) is 1. The minimum Gasteiger partial charge on any atom is -0.387 e. The molecule has 0 amide bonds. The number of nitrogens with zero attached hydrogens (tertiary/aromatic N) is 1. The van der Waals surface area contributed by atoms with Crippen LogP contribution in [-0.4, -0.2) is 16.7 Å². The van der Waals surface area contributed by atoms with Gasteiger partial charge in [0, 0.05) is 6.61 Å². The molecular formula is C13H21NO2S. The fraction of sp³-hybridized carbons (Fsp3) is 0.769. The van der Waals surface area contributed by atoms with E-state index < -0.39 is 0 Å². The number of rotatable bonds is 3. The van der Waals surface area contributed by atoms with Crippen molar-refractivity contribution < 1.29 is 9.84 Å². The zero-order valence-electron chi connectivity index (χ0n) is 11.0. The molecule has 1 N–H and O–H groups in total. The average molecular weight is 255 g/mol. The standard InChI is InChI=1S/C13H21NO2S/c1-5-16-8(2)12-14-9-6-13(3,4)7-10(15)11(9)17-12/h8,10,15H,5-7H2,1-4H3. The Hall–Kier alpha value is -0.450. The number of aliphatic hydroxyl groups excluding tert-OH is 1. The third-order valence-corrected chi connectivity index (χ3v) is 4.56. The third-order valence-electron chi connectivity index (χ3n) is 3.20. The highest BCUT2D eigenvalue weighted by atomic mass is 32.1. The number of aliphatic hydroxyl groups is 1. The summed E-state index contributed by atoms with van der Waals surface area (Å²) in [7, 11) is 0. The van der Waals surface area contributed by atoms with Gasteiger partial charge in [0.05, 0.1) is 16.7 Å². The molecule has 0 aromatic carbocycles. The molecule has 0 fully saturated rings. The van der Waals surface area contributed by atoms with E-state index in [0.717, 1.165) is 28.4 Å². The molecule has 0 bridgehead atoms. The van der Waals surface area contributed by atoms with Crippen LogP contribution >= 0.6 is 11.3 Å². The molecule has 1 aliphatic carbocycles. The Balaban J connectivity index is 2.26. The van der Waals surface area contributed by atoms with Crippen LogP contribution in [0, 0.1) is 5.41 Å². The summed E-state index contributed by atoms with van der Waals surface area (Å²) < 4.78 is 5.56.